The fraction of sp³-hybridized carbons (Fsp3) is 0.455. The van der Waals surface area contributed by atoms with Gasteiger partial charge in [-0.3, -0.25) is 0 Å². The van der Waals surface area contributed by atoms with Crippen LogP contribution in [0.5, 0.6) is 0 Å². The molecule has 2 atom stereocenters. The van der Waals surface area contributed by atoms with E-state index >= 15 is 0 Å². The minimum Gasteiger partial charge on any atom is -0.384 e. The van der Waals surface area contributed by atoms with Crippen LogP contribution in [0.15, 0.2) is 30.3 Å². The van der Waals surface area contributed by atoms with Crippen LogP contribution in [0.4, 0.5) is 0 Å². The van der Waals surface area contributed by atoms with Crippen molar-refractivity contribution in [2.75, 3.05) is 5.75 Å². The molecule has 1 heterocycles. The van der Waals surface area contributed by atoms with E-state index in [4.69, 9.17) is 0 Å². The van der Waals surface area contributed by atoms with Crippen molar-refractivity contribution in [3.8, 4) is 0 Å². The van der Waals surface area contributed by atoms with E-state index in [-0.39, 0.29) is 0 Å². The standard InChI is InChI=1S/C11H14OS/c1-9-11(12,7-8-13-9)10-5-3-2-4-6-10/h2-6,9,12H,7-8H2,1H3/t9-,11-/m1/s1. The third-order valence-electron chi connectivity index (χ3n) is 2.80. The molecule has 13 heavy (non-hydrogen) atoms. The van der Waals surface area contributed by atoms with Gasteiger partial charge in [-0.25, -0.2) is 0 Å². The average molecular weight is 194 g/mol. The molecular formula is C11H14OS. The van der Waals surface area contributed by atoms with Gasteiger partial charge in [0.05, 0.1) is 0 Å². The first-order chi connectivity index (χ1) is 6.23. The van der Waals surface area contributed by atoms with Crippen LogP contribution < -0.4 is 0 Å². The maximum atomic E-state index is 10.4. The number of hydrogen-bond acceptors (Lipinski definition) is 2. The summed E-state index contributed by atoms with van der Waals surface area (Å²) in [6.07, 6.45) is 0.878. The lowest BCUT2D eigenvalue weighted by atomic mass is 9.89. The Hall–Kier alpha value is -0.470. The van der Waals surface area contributed by atoms with Gasteiger partial charge in [-0.05, 0) is 17.7 Å². The van der Waals surface area contributed by atoms with Gasteiger partial charge in [0, 0.05) is 5.25 Å². The second-order valence-electron chi connectivity index (χ2n) is 3.55. The first-order valence-corrected chi connectivity index (χ1v) is 5.68. The van der Waals surface area contributed by atoms with E-state index in [9.17, 15) is 5.11 Å². The summed E-state index contributed by atoms with van der Waals surface area (Å²) in [5, 5.41) is 10.7. The molecule has 1 fully saturated rings. The van der Waals surface area contributed by atoms with Crippen molar-refractivity contribution < 1.29 is 5.11 Å². The van der Waals surface area contributed by atoms with Crippen molar-refractivity contribution in [2.24, 2.45) is 0 Å². The SMILES string of the molecule is C[C@H]1SCC[C@]1(O)c1ccccc1. The number of rotatable bonds is 1. The van der Waals surface area contributed by atoms with Crippen LogP contribution >= 0.6 is 11.8 Å². The molecule has 1 saturated heterocycles. The molecule has 1 aromatic carbocycles. The lowest BCUT2D eigenvalue weighted by Gasteiger charge is -2.27. The normalized spacial score (nSPS) is 33.5. The summed E-state index contributed by atoms with van der Waals surface area (Å²) >= 11 is 1.85. The fourth-order valence-electron chi connectivity index (χ4n) is 1.84. The Morgan fingerprint density at radius 2 is 2.08 bits per heavy atom. The molecule has 0 radical (unpaired) electrons. The highest BCUT2D eigenvalue weighted by Gasteiger charge is 2.40. The van der Waals surface area contributed by atoms with Gasteiger partial charge in [0.15, 0.2) is 0 Å². The zero-order chi connectivity index (χ0) is 9.31. The molecular weight excluding hydrogens is 180 g/mol. The van der Waals surface area contributed by atoms with Crippen molar-refractivity contribution in [1.29, 1.82) is 0 Å². The topological polar surface area (TPSA) is 20.2 Å². The van der Waals surface area contributed by atoms with Gasteiger partial charge in [0.2, 0.25) is 0 Å². The Kier molecular flexibility index (Phi) is 2.35. The van der Waals surface area contributed by atoms with Crippen LogP contribution in [-0.2, 0) is 5.60 Å². The van der Waals surface area contributed by atoms with Gasteiger partial charge in [-0.2, -0.15) is 11.8 Å². The zero-order valence-electron chi connectivity index (χ0n) is 7.73. The molecule has 1 aromatic rings. The Morgan fingerprint density at radius 1 is 1.38 bits per heavy atom. The number of hydrogen-bond donors (Lipinski definition) is 1. The highest BCUT2D eigenvalue weighted by atomic mass is 32.2. The van der Waals surface area contributed by atoms with Gasteiger partial charge >= 0.3 is 0 Å². The Morgan fingerprint density at radius 3 is 2.62 bits per heavy atom. The molecule has 1 aliphatic rings. The van der Waals surface area contributed by atoms with Gasteiger partial charge in [-0.1, -0.05) is 37.3 Å². The first kappa shape index (κ1) is 9.10. The van der Waals surface area contributed by atoms with Crippen LogP contribution in [0.25, 0.3) is 0 Å². The molecule has 0 aromatic heterocycles. The van der Waals surface area contributed by atoms with Crippen LogP contribution in [0.3, 0.4) is 0 Å². The largest absolute Gasteiger partial charge is 0.384 e. The Labute approximate surface area is 83.2 Å². The summed E-state index contributed by atoms with van der Waals surface area (Å²) in [4.78, 5) is 0. The van der Waals surface area contributed by atoms with Crippen LogP contribution in [0.2, 0.25) is 0 Å². The predicted octanol–water partition coefficient (Wildman–Crippen LogP) is 2.40. The smallest absolute Gasteiger partial charge is 0.102 e. The van der Waals surface area contributed by atoms with Crippen LogP contribution in [0.1, 0.15) is 18.9 Å². The molecule has 0 spiro atoms. The van der Waals surface area contributed by atoms with Crippen molar-refractivity contribution in [3.63, 3.8) is 0 Å². The molecule has 70 valence electrons. The summed E-state index contributed by atoms with van der Waals surface area (Å²) in [5.74, 6) is 1.06. The quantitative estimate of drug-likeness (QED) is 0.741. The number of thioether (sulfide) groups is 1. The lowest BCUT2D eigenvalue weighted by molar-refractivity contribution is 0.0427. The molecule has 0 unspecified atom stereocenters. The number of aliphatic hydroxyl groups is 1. The molecule has 1 nitrogen and oxygen atoms in total. The highest BCUT2D eigenvalue weighted by molar-refractivity contribution is 8.00. The average Bonchev–Trinajstić information content (AvgIpc) is 2.50. The molecule has 2 rings (SSSR count). The predicted molar refractivity (Wildman–Crippen MR) is 56.9 cm³/mol. The van der Waals surface area contributed by atoms with Crippen molar-refractivity contribution in [3.05, 3.63) is 35.9 Å². The van der Waals surface area contributed by atoms with E-state index in [2.05, 4.69) is 6.92 Å². The third kappa shape index (κ3) is 1.49. The summed E-state index contributed by atoms with van der Waals surface area (Å²) in [5.41, 5.74) is 0.471. The van der Waals surface area contributed by atoms with E-state index in [1.54, 1.807) is 0 Å². The summed E-state index contributed by atoms with van der Waals surface area (Å²) in [7, 11) is 0. The molecule has 1 aliphatic heterocycles. The Balaban J connectivity index is 2.34. The van der Waals surface area contributed by atoms with Crippen LogP contribution in [-0.4, -0.2) is 16.1 Å². The summed E-state index contributed by atoms with van der Waals surface area (Å²) < 4.78 is 0. The van der Waals surface area contributed by atoms with Gasteiger partial charge in [-0.15, -0.1) is 0 Å². The molecule has 0 saturated carbocycles. The van der Waals surface area contributed by atoms with Crippen molar-refractivity contribution in [1.82, 2.24) is 0 Å². The molecule has 2 heteroatoms. The van der Waals surface area contributed by atoms with Gasteiger partial charge in [0.25, 0.3) is 0 Å². The van der Waals surface area contributed by atoms with E-state index < -0.39 is 5.60 Å². The first-order valence-electron chi connectivity index (χ1n) is 4.63. The fourth-order valence-corrected chi connectivity index (χ4v) is 3.15. The maximum Gasteiger partial charge on any atom is 0.102 e. The second kappa shape index (κ2) is 3.35. The minimum atomic E-state index is -0.591. The van der Waals surface area contributed by atoms with Crippen LogP contribution in [0, 0.1) is 0 Å². The number of benzene rings is 1. The van der Waals surface area contributed by atoms with Gasteiger partial charge < -0.3 is 5.11 Å². The summed E-state index contributed by atoms with van der Waals surface area (Å²) in [6.45, 7) is 2.10. The van der Waals surface area contributed by atoms with Crippen molar-refractivity contribution in [2.45, 2.75) is 24.2 Å². The molecule has 1 N–H and O–H groups in total. The zero-order valence-corrected chi connectivity index (χ0v) is 8.55. The second-order valence-corrected chi connectivity index (χ2v) is 5.00. The summed E-state index contributed by atoms with van der Waals surface area (Å²) in [6, 6.07) is 10.00. The van der Waals surface area contributed by atoms with E-state index in [1.807, 2.05) is 42.1 Å². The molecule has 0 aliphatic carbocycles. The Bertz CT molecular complexity index is 285. The van der Waals surface area contributed by atoms with E-state index in [0.29, 0.717) is 5.25 Å². The maximum absolute atomic E-state index is 10.4. The molecule has 0 amide bonds. The van der Waals surface area contributed by atoms with Crippen molar-refractivity contribution >= 4 is 11.8 Å². The minimum absolute atomic E-state index is 0.315. The highest BCUT2D eigenvalue weighted by Crippen LogP contribution is 2.42. The third-order valence-corrected chi connectivity index (χ3v) is 4.13. The molecule has 0 bridgehead atoms. The van der Waals surface area contributed by atoms with E-state index in [1.165, 1.54) is 0 Å². The van der Waals surface area contributed by atoms with Gasteiger partial charge in [0.1, 0.15) is 5.60 Å². The van der Waals surface area contributed by atoms with E-state index in [0.717, 1.165) is 17.7 Å². The monoisotopic (exact) mass is 194 g/mol. The lowest BCUT2D eigenvalue weighted by Crippen LogP contribution is -2.31.